The van der Waals surface area contributed by atoms with E-state index >= 15 is 0 Å². The van der Waals surface area contributed by atoms with Gasteiger partial charge in [-0.25, -0.2) is 23.4 Å². The van der Waals surface area contributed by atoms with Crippen molar-refractivity contribution in [1.29, 1.82) is 0 Å². The van der Waals surface area contributed by atoms with Gasteiger partial charge >= 0.3 is 12.1 Å². The molecule has 1 N–H and O–H groups in total. The molecule has 0 aliphatic heterocycles. The maximum Gasteiger partial charge on any atom is 0.414 e. The molecule has 1 amide bonds. The summed E-state index contributed by atoms with van der Waals surface area (Å²) in [7, 11) is 1.15. The predicted octanol–water partition coefficient (Wildman–Crippen LogP) is 5.04. The molecule has 0 bridgehead atoms. The minimum atomic E-state index is -1.33. The van der Waals surface area contributed by atoms with Crippen molar-refractivity contribution in [3.63, 3.8) is 0 Å². The molecule has 4 rings (SSSR count). The lowest BCUT2D eigenvalue weighted by Gasteiger charge is -2.27. The van der Waals surface area contributed by atoms with Gasteiger partial charge in [-0.1, -0.05) is 12.1 Å². The Morgan fingerprint density at radius 2 is 1.67 bits per heavy atom. The van der Waals surface area contributed by atoms with Crippen LogP contribution in [0, 0.1) is 11.6 Å². The van der Waals surface area contributed by atoms with Crippen LogP contribution < -0.4 is 4.90 Å². The van der Waals surface area contributed by atoms with Gasteiger partial charge in [-0.05, 0) is 60.2 Å². The fourth-order valence-corrected chi connectivity index (χ4v) is 3.43. The Balaban J connectivity index is 1.72. The van der Waals surface area contributed by atoms with Crippen LogP contribution >= 0.6 is 0 Å². The average molecular weight is 452 g/mol. The van der Waals surface area contributed by atoms with Crippen molar-refractivity contribution in [2.45, 2.75) is 12.5 Å². The first-order valence-corrected chi connectivity index (χ1v) is 9.86. The molecule has 3 aromatic carbocycles. The van der Waals surface area contributed by atoms with Crippen LogP contribution in [0.4, 0.5) is 19.3 Å². The highest BCUT2D eigenvalue weighted by Gasteiger charge is 2.32. The van der Waals surface area contributed by atoms with Gasteiger partial charge in [0.25, 0.3) is 0 Å². The standard InChI is InChI=1S/C24H18F2N2O5/c1-32-24(31)28(20(23(29)30)12-14-2-6-16(25)7-3-14)18-10-11-21-19(13-18)27-22(33-21)15-4-8-17(26)9-5-15/h2-11,13,20H,12H2,1H3,(H,29,30)/t20-/m1/s1. The molecule has 9 heteroatoms. The van der Waals surface area contributed by atoms with Gasteiger partial charge in [-0.2, -0.15) is 0 Å². The fourth-order valence-electron chi connectivity index (χ4n) is 3.43. The first kappa shape index (κ1) is 21.9. The van der Waals surface area contributed by atoms with E-state index in [9.17, 15) is 23.5 Å². The number of fused-ring (bicyclic) bond motifs is 1. The summed E-state index contributed by atoms with van der Waals surface area (Å²) in [6, 6.07) is 14.2. The summed E-state index contributed by atoms with van der Waals surface area (Å²) >= 11 is 0. The number of methoxy groups -OCH3 is 1. The molecule has 0 fully saturated rings. The Bertz CT molecular complexity index is 1300. The third-order valence-corrected chi connectivity index (χ3v) is 5.05. The maximum atomic E-state index is 13.2. The average Bonchev–Trinajstić information content (AvgIpc) is 3.23. The number of amides is 1. The van der Waals surface area contributed by atoms with Crippen LogP contribution in [0.1, 0.15) is 5.56 Å². The summed E-state index contributed by atoms with van der Waals surface area (Å²) < 4.78 is 37.0. The predicted molar refractivity (Wildman–Crippen MR) is 116 cm³/mol. The molecule has 7 nitrogen and oxygen atoms in total. The quantitative estimate of drug-likeness (QED) is 0.441. The number of oxazole rings is 1. The Morgan fingerprint density at radius 1 is 1.03 bits per heavy atom. The zero-order valence-electron chi connectivity index (χ0n) is 17.4. The number of nitrogens with zero attached hydrogens (tertiary/aromatic N) is 2. The van der Waals surface area contributed by atoms with Gasteiger partial charge in [0.05, 0.1) is 12.8 Å². The number of benzene rings is 3. The van der Waals surface area contributed by atoms with Crippen LogP contribution in [0.3, 0.4) is 0 Å². The highest BCUT2D eigenvalue weighted by atomic mass is 19.1. The fraction of sp³-hybridized carbons (Fsp3) is 0.125. The third kappa shape index (κ3) is 4.67. The van der Waals surface area contributed by atoms with Gasteiger partial charge in [0.1, 0.15) is 23.2 Å². The molecule has 0 unspecified atom stereocenters. The number of carboxylic acids is 1. The van der Waals surface area contributed by atoms with E-state index in [0.29, 0.717) is 22.2 Å². The molecule has 4 aromatic rings. The van der Waals surface area contributed by atoms with Crippen LogP contribution in [0.5, 0.6) is 0 Å². The number of hydrogen-bond acceptors (Lipinski definition) is 5. The number of carbonyl (C=O) groups is 2. The second-order valence-corrected chi connectivity index (χ2v) is 7.20. The Hall–Kier alpha value is -4.27. The first-order valence-electron chi connectivity index (χ1n) is 9.86. The second kappa shape index (κ2) is 9.07. The van der Waals surface area contributed by atoms with Crippen LogP contribution in [0.15, 0.2) is 71.1 Å². The number of carboxylic acid groups (broad SMARTS) is 1. The largest absolute Gasteiger partial charge is 0.480 e. The van der Waals surface area contributed by atoms with Crippen LogP contribution in [-0.2, 0) is 16.0 Å². The molecule has 0 saturated heterocycles. The minimum absolute atomic E-state index is 0.0810. The van der Waals surface area contributed by atoms with Gasteiger partial charge in [0.2, 0.25) is 5.89 Å². The summed E-state index contributed by atoms with van der Waals surface area (Å²) in [5.41, 5.74) is 2.07. The second-order valence-electron chi connectivity index (χ2n) is 7.20. The van der Waals surface area contributed by atoms with Crippen molar-refractivity contribution < 1.29 is 32.6 Å². The Morgan fingerprint density at radius 3 is 2.27 bits per heavy atom. The number of anilines is 1. The molecule has 0 aliphatic rings. The van der Waals surface area contributed by atoms with E-state index in [1.807, 2.05) is 0 Å². The van der Waals surface area contributed by atoms with E-state index in [0.717, 1.165) is 12.0 Å². The number of hydrogen-bond donors (Lipinski definition) is 1. The maximum absolute atomic E-state index is 13.2. The van der Waals surface area contributed by atoms with Crippen LogP contribution in [0.2, 0.25) is 0 Å². The number of halogens is 2. The SMILES string of the molecule is COC(=O)N(c1ccc2oc(-c3ccc(F)cc3)nc2c1)[C@H](Cc1ccc(F)cc1)C(=O)O. The van der Waals surface area contributed by atoms with Gasteiger partial charge in [-0.15, -0.1) is 0 Å². The lowest BCUT2D eigenvalue weighted by atomic mass is 10.0. The lowest BCUT2D eigenvalue weighted by Crippen LogP contribution is -2.46. The summed E-state index contributed by atoms with van der Waals surface area (Å²) in [5, 5.41) is 9.87. The first-order chi connectivity index (χ1) is 15.9. The molecule has 0 aliphatic carbocycles. The minimum Gasteiger partial charge on any atom is -0.480 e. The van der Waals surface area contributed by atoms with Gasteiger partial charge in [-0.3, -0.25) is 4.90 Å². The van der Waals surface area contributed by atoms with Crippen molar-refractivity contribution in [3.8, 4) is 11.5 Å². The monoisotopic (exact) mass is 452 g/mol. The van der Waals surface area contributed by atoms with Crippen molar-refractivity contribution >= 4 is 28.8 Å². The molecule has 0 radical (unpaired) electrons. The number of carbonyl (C=O) groups excluding carboxylic acids is 1. The normalized spacial score (nSPS) is 11.8. The third-order valence-electron chi connectivity index (χ3n) is 5.05. The number of aliphatic carboxylic acids is 1. The zero-order chi connectivity index (χ0) is 23.5. The van der Waals surface area contributed by atoms with Crippen molar-refractivity contribution in [1.82, 2.24) is 4.98 Å². The number of aromatic nitrogens is 1. The van der Waals surface area contributed by atoms with Crippen molar-refractivity contribution in [3.05, 3.63) is 83.9 Å². The van der Waals surface area contributed by atoms with E-state index in [-0.39, 0.29) is 18.0 Å². The van der Waals surface area contributed by atoms with Gasteiger partial charge in [0.15, 0.2) is 5.58 Å². The molecule has 33 heavy (non-hydrogen) atoms. The Kier molecular flexibility index (Phi) is 6.03. The summed E-state index contributed by atoms with van der Waals surface area (Å²) in [4.78, 5) is 30.1. The molecular formula is C24H18F2N2O5. The smallest absolute Gasteiger partial charge is 0.414 e. The summed E-state index contributed by atoms with van der Waals surface area (Å²) in [6.45, 7) is 0. The topological polar surface area (TPSA) is 92.9 Å². The van der Waals surface area contributed by atoms with Crippen LogP contribution in [-0.4, -0.2) is 35.3 Å². The molecule has 1 aromatic heterocycles. The number of rotatable bonds is 6. The van der Waals surface area contributed by atoms with E-state index < -0.39 is 29.7 Å². The summed E-state index contributed by atoms with van der Waals surface area (Å²) in [5.74, 6) is -1.87. The highest BCUT2D eigenvalue weighted by Crippen LogP contribution is 2.29. The highest BCUT2D eigenvalue weighted by molar-refractivity contribution is 5.97. The van der Waals surface area contributed by atoms with Crippen molar-refractivity contribution in [2.75, 3.05) is 12.0 Å². The molecule has 0 saturated carbocycles. The zero-order valence-corrected chi connectivity index (χ0v) is 17.4. The van der Waals surface area contributed by atoms with Gasteiger partial charge < -0.3 is 14.3 Å². The lowest BCUT2D eigenvalue weighted by molar-refractivity contribution is -0.138. The van der Waals surface area contributed by atoms with E-state index in [1.54, 1.807) is 6.07 Å². The molecule has 1 atom stereocenters. The molecule has 168 valence electrons. The van der Waals surface area contributed by atoms with E-state index in [2.05, 4.69) is 4.98 Å². The molecular weight excluding hydrogens is 434 g/mol. The van der Waals surface area contributed by atoms with Gasteiger partial charge in [0, 0.05) is 12.0 Å². The summed E-state index contributed by atoms with van der Waals surface area (Å²) in [6.07, 6.45) is -0.964. The molecule has 0 spiro atoms. The molecule has 1 heterocycles. The number of ether oxygens (including phenoxy) is 1. The van der Waals surface area contributed by atoms with Crippen molar-refractivity contribution in [2.24, 2.45) is 0 Å². The van der Waals surface area contributed by atoms with E-state index in [4.69, 9.17) is 9.15 Å². The van der Waals surface area contributed by atoms with Crippen LogP contribution in [0.25, 0.3) is 22.6 Å². The Labute approximate surface area is 186 Å². The van der Waals surface area contributed by atoms with E-state index in [1.165, 1.54) is 60.7 Å².